The monoisotopic (exact) mass is 482 g/mol. The van der Waals surface area contributed by atoms with Crippen molar-refractivity contribution in [3.8, 4) is 11.5 Å². The molecule has 0 aliphatic heterocycles. The van der Waals surface area contributed by atoms with Crippen molar-refractivity contribution >= 4 is 21.6 Å². The lowest BCUT2D eigenvalue weighted by Crippen LogP contribution is -2.28. The summed E-state index contributed by atoms with van der Waals surface area (Å²) in [6, 6.07) is 16.8. The van der Waals surface area contributed by atoms with Gasteiger partial charge in [0, 0.05) is 18.7 Å². The van der Waals surface area contributed by atoms with Gasteiger partial charge >= 0.3 is 0 Å². The lowest BCUT2D eigenvalue weighted by atomic mass is 10.00. The second-order valence-electron chi connectivity index (χ2n) is 8.09. The molecule has 0 fully saturated rings. The van der Waals surface area contributed by atoms with Crippen molar-refractivity contribution in [1.29, 1.82) is 0 Å². The van der Waals surface area contributed by atoms with E-state index in [1.165, 1.54) is 39.0 Å². The molecule has 7 nitrogen and oxygen atoms in total. The summed E-state index contributed by atoms with van der Waals surface area (Å²) in [6.07, 6.45) is 0. The average Bonchev–Trinajstić information content (AvgIpc) is 2.82. The van der Waals surface area contributed by atoms with Crippen LogP contribution in [0.5, 0.6) is 11.5 Å². The molecule has 3 aromatic carbocycles. The van der Waals surface area contributed by atoms with Crippen LogP contribution in [0.1, 0.15) is 40.0 Å². The zero-order chi connectivity index (χ0) is 25.0. The van der Waals surface area contributed by atoms with Gasteiger partial charge in [0.2, 0.25) is 0 Å². The Bertz CT molecular complexity index is 1290. The van der Waals surface area contributed by atoms with Gasteiger partial charge in [0.1, 0.15) is 0 Å². The first-order valence-electron chi connectivity index (χ1n) is 10.8. The summed E-state index contributed by atoms with van der Waals surface area (Å²) < 4.78 is 37.8. The Morgan fingerprint density at radius 1 is 0.912 bits per heavy atom. The second-order valence-corrected chi connectivity index (χ2v) is 10.1. The fourth-order valence-electron chi connectivity index (χ4n) is 3.77. The van der Waals surface area contributed by atoms with Crippen molar-refractivity contribution in [3.63, 3.8) is 0 Å². The molecule has 0 bridgehead atoms. The van der Waals surface area contributed by atoms with Crippen molar-refractivity contribution in [2.45, 2.75) is 31.7 Å². The number of aryl methyl sites for hydroxylation is 2. The van der Waals surface area contributed by atoms with E-state index >= 15 is 0 Å². The molecule has 0 aromatic heterocycles. The van der Waals surface area contributed by atoms with Crippen LogP contribution in [0.3, 0.4) is 0 Å². The number of sulfonamides is 1. The maximum absolute atomic E-state index is 13.1. The highest BCUT2D eigenvalue weighted by atomic mass is 32.2. The normalized spacial score (nSPS) is 12.1. The molecule has 1 atom stereocenters. The van der Waals surface area contributed by atoms with Crippen LogP contribution >= 0.6 is 0 Å². The van der Waals surface area contributed by atoms with Gasteiger partial charge in [-0.1, -0.05) is 23.8 Å². The minimum atomic E-state index is -3.85. The number of carbonyl (C=O) groups excluding carboxylic acids is 1. The molecule has 180 valence electrons. The third kappa shape index (κ3) is 5.17. The SMILES string of the molecule is COc1ccc(S(=O)(=O)N(C)c2ccc(C(=O)NC(C)c3ccc(C)cc3C)cc2)cc1OC. The third-order valence-electron chi connectivity index (χ3n) is 5.75. The summed E-state index contributed by atoms with van der Waals surface area (Å²) in [5, 5.41) is 3.00. The molecule has 1 N–H and O–H groups in total. The average molecular weight is 483 g/mol. The van der Waals surface area contributed by atoms with Crippen LogP contribution in [0.4, 0.5) is 5.69 Å². The van der Waals surface area contributed by atoms with E-state index in [2.05, 4.69) is 11.4 Å². The van der Waals surface area contributed by atoms with E-state index in [1.54, 1.807) is 30.3 Å². The van der Waals surface area contributed by atoms with Crippen LogP contribution < -0.4 is 19.1 Å². The Morgan fingerprint density at radius 2 is 1.56 bits per heavy atom. The van der Waals surface area contributed by atoms with E-state index in [0.717, 1.165) is 15.4 Å². The molecule has 0 saturated carbocycles. The Labute approximate surface area is 201 Å². The number of nitrogens with zero attached hydrogens (tertiary/aromatic N) is 1. The molecule has 0 spiro atoms. The number of carbonyl (C=O) groups is 1. The lowest BCUT2D eigenvalue weighted by molar-refractivity contribution is 0.0940. The predicted molar refractivity (Wildman–Crippen MR) is 133 cm³/mol. The Morgan fingerprint density at radius 3 is 2.15 bits per heavy atom. The lowest BCUT2D eigenvalue weighted by Gasteiger charge is -2.21. The zero-order valence-corrected chi connectivity index (χ0v) is 21.1. The van der Waals surface area contributed by atoms with E-state index in [9.17, 15) is 13.2 Å². The molecule has 0 heterocycles. The standard InChI is InChI=1S/C26H30N2O5S/c1-17-7-13-23(18(2)15-17)19(3)27-26(29)20-8-10-21(11-9-20)28(4)34(30,31)22-12-14-24(32-5)25(16-22)33-6/h7-16,19H,1-6H3,(H,27,29). The Kier molecular flexibility index (Phi) is 7.51. The van der Waals surface area contributed by atoms with Crippen LogP contribution in [-0.2, 0) is 10.0 Å². The number of rotatable bonds is 8. The smallest absolute Gasteiger partial charge is 0.264 e. The molecule has 1 amide bonds. The largest absolute Gasteiger partial charge is 0.493 e. The third-order valence-corrected chi connectivity index (χ3v) is 7.53. The van der Waals surface area contributed by atoms with Crippen LogP contribution in [0.2, 0.25) is 0 Å². The topological polar surface area (TPSA) is 84.9 Å². The van der Waals surface area contributed by atoms with Crippen molar-refractivity contribution in [2.75, 3.05) is 25.6 Å². The predicted octanol–water partition coefficient (Wildman–Crippen LogP) is 4.64. The van der Waals surface area contributed by atoms with Crippen LogP contribution in [0.15, 0.2) is 65.6 Å². The van der Waals surface area contributed by atoms with Gasteiger partial charge < -0.3 is 14.8 Å². The highest BCUT2D eigenvalue weighted by Gasteiger charge is 2.23. The van der Waals surface area contributed by atoms with Gasteiger partial charge in [-0.25, -0.2) is 8.42 Å². The fraction of sp³-hybridized carbons (Fsp3) is 0.269. The molecule has 1 unspecified atom stereocenters. The van der Waals surface area contributed by atoms with Crippen molar-refractivity contribution in [1.82, 2.24) is 5.32 Å². The molecule has 0 saturated heterocycles. The number of methoxy groups -OCH3 is 2. The van der Waals surface area contributed by atoms with Crippen molar-refractivity contribution in [3.05, 3.63) is 82.9 Å². The number of nitrogens with one attached hydrogen (secondary N) is 1. The van der Waals surface area contributed by atoms with Crippen LogP contribution in [-0.4, -0.2) is 35.6 Å². The molecule has 34 heavy (non-hydrogen) atoms. The summed E-state index contributed by atoms with van der Waals surface area (Å²) in [5.74, 6) is 0.529. The molecule has 0 aliphatic rings. The van der Waals surface area contributed by atoms with Gasteiger partial charge in [0.05, 0.1) is 30.8 Å². The summed E-state index contributed by atoms with van der Waals surface area (Å²) in [5.41, 5.74) is 4.20. The Hall–Kier alpha value is -3.52. The van der Waals surface area contributed by atoms with Gasteiger partial charge in [-0.15, -0.1) is 0 Å². The van der Waals surface area contributed by atoms with Gasteiger partial charge in [-0.3, -0.25) is 9.10 Å². The summed E-state index contributed by atoms with van der Waals surface area (Å²) in [6.45, 7) is 5.99. The number of benzene rings is 3. The number of hydrogen-bond donors (Lipinski definition) is 1. The fourth-order valence-corrected chi connectivity index (χ4v) is 4.98. The first kappa shape index (κ1) is 25.1. The summed E-state index contributed by atoms with van der Waals surface area (Å²) in [4.78, 5) is 12.8. The maximum atomic E-state index is 13.1. The van der Waals surface area contributed by atoms with Gasteiger partial charge in [-0.05, 0) is 68.3 Å². The van der Waals surface area contributed by atoms with Gasteiger partial charge in [-0.2, -0.15) is 0 Å². The van der Waals surface area contributed by atoms with E-state index in [4.69, 9.17) is 9.47 Å². The zero-order valence-electron chi connectivity index (χ0n) is 20.2. The van der Waals surface area contributed by atoms with Crippen molar-refractivity contribution < 1.29 is 22.7 Å². The van der Waals surface area contributed by atoms with Gasteiger partial charge in [0.25, 0.3) is 15.9 Å². The molecular weight excluding hydrogens is 452 g/mol. The molecule has 0 aliphatic carbocycles. The highest BCUT2D eigenvalue weighted by molar-refractivity contribution is 7.92. The van der Waals surface area contributed by atoms with E-state index in [1.807, 2.05) is 32.9 Å². The van der Waals surface area contributed by atoms with E-state index in [-0.39, 0.29) is 16.8 Å². The van der Waals surface area contributed by atoms with Crippen LogP contribution in [0.25, 0.3) is 0 Å². The molecule has 0 radical (unpaired) electrons. The summed E-state index contributed by atoms with van der Waals surface area (Å²) >= 11 is 0. The van der Waals surface area contributed by atoms with Crippen molar-refractivity contribution in [2.24, 2.45) is 0 Å². The van der Waals surface area contributed by atoms with E-state index in [0.29, 0.717) is 22.7 Å². The Balaban J connectivity index is 1.77. The maximum Gasteiger partial charge on any atom is 0.264 e. The molecule has 3 aromatic rings. The van der Waals surface area contributed by atoms with E-state index < -0.39 is 10.0 Å². The number of anilines is 1. The van der Waals surface area contributed by atoms with Crippen LogP contribution in [0, 0.1) is 13.8 Å². The quantitative estimate of drug-likeness (QED) is 0.506. The first-order chi connectivity index (χ1) is 16.1. The number of amides is 1. The minimum absolute atomic E-state index is 0.0664. The number of hydrogen-bond acceptors (Lipinski definition) is 5. The summed E-state index contributed by atoms with van der Waals surface area (Å²) in [7, 11) is 0.545. The minimum Gasteiger partial charge on any atom is -0.493 e. The molecular formula is C26H30N2O5S. The number of ether oxygens (including phenoxy) is 2. The second kappa shape index (κ2) is 10.2. The molecule has 8 heteroatoms. The van der Waals surface area contributed by atoms with Gasteiger partial charge in [0.15, 0.2) is 11.5 Å². The first-order valence-corrected chi connectivity index (χ1v) is 12.2. The highest BCUT2D eigenvalue weighted by Crippen LogP contribution is 2.31. The molecule has 3 rings (SSSR count).